The summed E-state index contributed by atoms with van der Waals surface area (Å²) in [6.45, 7) is 1.01. The van der Waals surface area contributed by atoms with Crippen molar-refractivity contribution in [2.24, 2.45) is 5.73 Å². The maximum atomic E-state index is 13.1. The fourth-order valence-electron chi connectivity index (χ4n) is 1.43. The van der Waals surface area contributed by atoms with Crippen LogP contribution in [-0.2, 0) is 0 Å². The van der Waals surface area contributed by atoms with E-state index in [0.29, 0.717) is 24.5 Å². The molecule has 0 heterocycles. The topological polar surface area (TPSA) is 38.0 Å². The van der Waals surface area contributed by atoms with Crippen LogP contribution in [0.3, 0.4) is 0 Å². The van der Waals surface area contributed by atoms with Gasteiger partial charge in [0.05, 0.1) is 0 Å². The minimum absolute atomic E-state index is 0.124. The van der Waals surface area contributed by atoms with Gasteiger partial charge in [-0.2, -0.15) is 0 Å². The predicted molar refractivity (Wildman–Crippen MR) is 64.7 cm³/mol. The second kappa shape index (κ2) is 6.49. The average Bonchev–Trinajstić information content (AvgIpc) is 2.23. The van der Waals surface area contributed by atoms with E-state index in [4.69, 9.17) is 23.8 Å². The van der Waals surface area contributed by atoms with Crippen molar-refractivity contribution in [2.75, 3.05) is 13.1 Å². The largest absolute Gasteiger partial charge is 0.329 e. The first kappa shape index (κ1) is 13.0. The molecular weight excluding hydrogens is 227 g/mol. The number of rotatable bonds is 5. The van der Waals surface area contributed by atoms with Crippen molar-refractivity contribution in [1.82, 2.24) is 5.32 Å². The molecule has 2 nitrogen and oxygen atoms in total. The summed E-state index contributed by atoms with van der Waals surface area (Å²) in [5.74, 6) is 2.16. The van der Waals surface area contributed by atoms with Gasteiger partial charge in [-0.15, -0.1) is 12.3 Å². The van der Waals surface area contributed by atoms with Crippen molar-refractivity contribution < 1.29 is 4.39 Å². The van der Waals surface area contributed by atoms with Crippen LogP contribution >= 0.6 is 11.6 Å². The first-order chi connectivity index (χ1) is 7.67. The summed E-state index contributed by atoms with van der Waals surface area (Å²) < 4.78 is 13.1. The third-order valence-electron chi connectivity index (χ3n) is 2.18. The zero-order valence-corrected chi connectivity index (χ0v) is 9.60. The quantitative estimate of drug-likeness (QED) is 0.611. The molecule has 1 rings (SSSR count). The van der Waals surface area contributed by atoms with Crippen LogP contribution in [0, 0.1) is 18.2 Å². The van der Waals surface area contributed by atoms with E-state index < -0.39 is 0 Å². The second-order valence-corrected chi connectivity index (χ2v) is 3.84. The van der Waals surface area contributed by atoms with Gasteiger partial charge in [0.2, 0.25) is 0 Å². The van der Waals surface area contributed by atoms with Crippen molar-refractivity contribution in [3.05, 3.63) is 34.6 Å². The molecule has 1 aromatic carbocycles. The first-order valence-corrected chi connectivity index (χ1v) is 5.38. The fourth-order valence-corrected chi connectivity index (χ4v) is 1.66. The summed E-state index contributed by atoms with van der Waals surface area (Å²) in [5, 5.41) is 3.52. The van der Waals surface area contributed by atoms with E-state index >= 15 is 0 Å². The normalized spacial score (nSPS) is 12.1. The Morgan fingerprint density at radius 1 is 1.50 bits per heavy atom. The highest BCUT2D eigenvalue weighted by molar-refractivity contribution is 6.30. The zero-order valence-electron chi connectivity index (χ0n) is 8.84. The van der Waals surface area contributed by atoms with Crippen molar-refractivity contribution in [2.45, 2.75) is 12.5 Å². The molecule has 1 atom stereocenters. The van der Waals surface area contributed by atoms with Crippen molar-refractivity contribution >= 4 is 11.6 Å². The second-order valence-electron chi connectivity index (χ2n) is 3.40. The molecule has 0 aliphatic carbocycles. The maximum Gasteiger partial charge on any atom is 0.125 e. The third-order valence-corrected chi connectivity index (χ3v) is 2.40. The van der Waals surface area contributed by atoms with Crippen LogP contribution in [0.2, 0.25) is 5.02 Å². The number of benzene rings is 1. The van der Waals surface area contributed by atoms with E-state index in [9.17, 15) is 4.39 Å². The van der Waals surface area contributed by atoms with Gasteiger partial charge in [0, 0.05) is 30.6 Å². The Bertz CT molecular complexity index is 367. The lowest BCUT2D eigenvalue weighted by Crippen LogP contribution is -2.29. The third kappa shape index (κ3) is 3.82. The smallest absolute Gasteiger partial charge is 0.125 e. The van der Waals surface area contributed by atoms with Crippen LogP contribution in [0.4, 0.5) is 4.39 Å². The van der Waals surface area contributed by atoms with Crippen LogP contribution in [0.1, 0.15) is 18.0 Å². The average molecular weight is 241 g/mol. The monoisotopic (exact) mass is 240 g/mol. The maximum absolute atomic E-state index is 13.1. The molecule has 86 valence electrons. The molecule has 0 aliphatic heterocycles. The van der Waals surface area contributed by atoms with E-state index in [1.165, 1.54) is 12.1 Å². The van der Waals surface area contributed by atoms with Gasteiger partial charge >= 0.3 is 0 Å². The molecule has 0 aromatic heterocycles. The molecule has 1 aromatic rings. The van der Waals surface area contributed by atoms with E-state index in [2.05, 4.69) is 11.2 Å². The Balaban J connectivity index is 2.74. The summed E-state index contributed by atoms with van der Waals surface area (Å²) in [6, 6.07) is 4.26. The fraction of sp³-hybridized carbons (Fsp3) is 0.333. The lowest BCUT2D eigenvalue weighted by molar-refractivity contribution is 0.544. The van der Waals surface area contributed by atoms with Gasteiger partial charge in [0.15, 0.2) is 0 Å². The number of hydrogen-bond donors (Lipinski definition) is 2. The molecule has 0 bridgehead atoms. The number of nitrogens with two attached hydrogens (primary N) is 1. The zero-order chi connectivity index (χ0) is 12.0. The molecule has 0 spiro atoms. The first-order valence-electron chi connectivity index (χ1n) is 5.00. The van der Waals surface area contributed by atoms with Crippen LogP contribution in [0.5, 0.6) is 0 Å². The summed E-state index contributed by atoms with van der Waals surface area (Å²) in [4.78, 5) is 0. The summed E-state index contributed by atoms with van der Waals surface area (Å²) >= 11 is 5.77. The highest BCUT2D eigenvalue weighted by Gasteiger charge is 2.10. The minimum Gasteiger partial charge on any atom is -0.329 e. The molecule has 0 saturated heterocycles. The Hall–Kier alpha value is -1.08. The van der Waals surface area contributed by atoms with E-state index in [-0.39, 0.29) is 11.9 Å². The van der Waals surface area contributed by atoms with Crippen molar-refractivity contribution in [3.63, 3.8) is 0 Å². The lowest BCUT2D eigenvalue weighted by Gasteiger charge is -2.17. The van der Waals surface area contributed by atoms with E-state index in [0.717, 1.165) is 5.56 Å². The summed E-state index contributed by atoms with van der Waals surface area (Å²) in [5.41, 5.74) is 6.35. The summed E-state index contributed by atoms with van der Waals surface area (Å²) in [6.07, 6.45) is 5.75. The van der Waals surface area contributed by atoms with Crippen LogP contribution in [0.15, 0.2) is 18.2 Å². The molecule has 0 aliphatic rings. The number of hydrogen-bond acceptors (Lipinski definition) is 2. The number of halogens is 2. The van der Waals surface area contributed by atoms with E-state index in [1.54, 1.807) is 6.07 Å². The molecule has 0 saturated carbocycles. The highest BCUT2D eigenvalue weighted by Crippen LogP contribution is 2.19. The summed E-state index contributed by atoms with van der Waals surface area (Å²) in [7, 11) is 0. The Morgan fingerprint density at radius 3 is 2.81 bits per heavy atom. The lowest BCUT2D eigenvalue weighted by atomic mass is 10.1. The predicted octanol–water partition coefficient (Wildman–Crippen LogP) is 2.09. The Kier molecular flexibility index (Phi) is 5.27. The van der Waals surface area contributed by atoms with Crippen molar-refractivity contribution in [1.29, 1.82) is 0 Å². The number of terminal acetylenes is 1. The SMILES string of the molecule is C#CCCNC(CN)c1cc(F)cc(Cl)c1. The molecular formula is C12H14ClFN2. The standard InChI is InChI=1S/C12H14ClFN2/c1-2-3-4-16-12(8-15)9-5-10(13)7-11(14)6-9/h1,5-7,12,16H,3-4,8,15H2. The molecule has 0 radical (unpaired) electrons. The van der Waals surface area contributed by atoms with Gasteiger partial charge in [-0.3, -0.25) is 0 Å². The van der Waals surface area contributed by atoms with Gasteiger partial charge in [0.1, 0.15) is 5.82 Å². The molecule has 16 heavy (non-hydrogen) atoms. The van der Waals surface area contributed by atoms with Gasteiger partial charge in [-0.25, -0.2) is 4.39 Å². The van der Waals surface area contributed by atoms with Crippen LogP contribution < -0.4 is 11.1 Å². The number of nitrogens with one attached hydrogen (secondary N) is 1. The van der Waals surface area contributed by atoms with Crippen molar-refractivity contribution in [3.8, 4) is 12.3 Å². The Morgan fingerprint density at radius 2 is 2.25 bits per heavy atom. The molecule has 0 amide bonds. The van der Waals surface area contributed by atoms with Crippen LogP contribution in [0.25, 0.3) is 0 Å². The van der Waals surface area contributed by atoms with Gasteiger partial charge in [-0.1, -0.05) is 11.6 Å². The molecule has 4 heteroatoms. The van der Waals surface area contributed by atoms with Crippen LogP contribution in [-0.4, -0.2) is 13.1 Å². The van der Waals surface area contributed by atoms with Gasteiger partial charge in [-0.05, 0) is 23.8 Å². The minimum atomic E-state index is -0.361. The highest BCUT2D eigenvalue weighted by atomic mass is 35.5. The molecule has 3 N–H and O–H groups in total. The van der Waals surface area contributed by atoms with E-state index in [1.807, 2.05) is 0 Å². The van der Waals surface area contributed by atoms with Gasteiger partial charge in [0.25, 0.3) is 0 Å². The molecule has 1 unspecified atom stereocenters. The molecule has 0 fully saturated rings. The van der Waals surface area contributed by atoms with Gasteiger partial charge < -0.3 is 11.1 Å². The Labute approximate surface area is 100.0 Å².